The van der Waals surface area contributed by atoms with Crippen LogP contribution in [0, 0.1) is 0 Å². The number of amides is 1. The Morgan fingerprint density at radius 2 is 2.17 bits per heavy atom. The van der Waals surface area contributed by atoms with Crippen molar-refractivity contribution >= 4 is 28.7 Å². The molecule has 0 radical (unpaired) electrons. The van der Waals surface area contributed by atoms with E-state index in [4.69, 9.17) is 4.74 Å². The van der Waals surface area contributed by atoms with E-state index in [9.17, 15) is 4.79 Å². The third-order valence-electron chi connectivity index (χ3n) is 1.57. The second kappa shape index (κ2) is 3.40. The molecule has 1 atom stereocenters. The van der Waals surface area contributed by atoms with Crippen molar-refractivity contribution in [1.29, 1.82) is 0 Å². The lowest BCUT2D eigenvalue weighted by molar-refractivity contribution is 0.0106. The predicted octanol–water partition coefficient (Wildman–Crippen LogP) is 2.39. The second-order valence-electron chi connectivity index (χ2n) is 3.90. The van der Waals surface area contributed by atoms with Crippen molar-refractivity contribution in [1.82, 2.24) is 4.90 Å². The Bertz CT molecular complexity index is 188. The zero-order chi connectivity index (χ0) is 9.35. The molecular weight excluding hydrogens is 269 g/mol. The SMILES string of the molecule is CC(C)(C)OC(=O)N1CC[C@@H]1I. The maximum atomic E-state index is 11.4. The number of alkyl halides is 1. The largest absolute Gasteiger partial charge is 0.444 e. The number of carbonyl (C=O) groups excluding carboxylic acids is 1. The number of rotatable bonds is 0. The molecule has 0 aliphatic carbocycles. The summed E-state index contributed by atoms with van der Waals surface area (Å²) in [6, 6.07) is 0. The minimum Gasteiger partial charge on any atom is -0.444 e. The first-order valence-corrected chi connectivity index (χ1v) is 5.28. The van der Waals surface area contributed by atoms with Crippen LogP contribution < -0.4 is 0 Å². The molecule has 12 heavy (non-hydrogen) atoms. The van der Waals surface area contributed by atoms with E-state index in [0.29, 0.717) is 4.05 Å². The van der Waals surface area contributed by atoms with Gasteiger partial charge in [0, 0.05) is 6.54 Å². The summed E-state index contributed by atoms with van der Waals surface area (Å²) in [5, 5.41) is 0. The van der Waals surface area contributed by atoms with Crippen LogP contribution in [0.2, 0.25) is 0 Å². The quantitative estimate of drug-likeness (QED) is 0.388. The predicted molar refractivity (Wildman–Crippen MR) is 55.4 cm³/mol. The molecule has 4 heteroatoms. The minimum absolute atomic E-state index is 0.187. The third kappa shape index (κ3) is 2.50. The lowest BCUT2D eigenvalue weighted by Gasteiger charge is -2.37. The van der Waals surface area contributed by atoms with Crippen LogP contribution in [-0.4, -0.2) is 27.2 Å². The molecule has 0 aromatic carbocycles. The number of hydrogen-bond donors (Lipinski definition) is 0. The van der Waals surface area contributed by atoms with Crippen LogP contribution in [0.5, 0.6) is 0 Å². The zero-order valence-electron chi connectivity index (χ0n) is 7.63. The molecule has 0 bridgehead atoms. The van der Waals surface area contributed by atoms with Gasteiger partial charge in [-0.25, -0.2) is 4.79 Å². The average Bonchev–Trinajstić information content (AvgIpc) is 1.79. The molecule has 0 unspecified atom stereocenters. The van der Waals surface area contributed by atoms with Gasteiger partial charge in [-0.1, -0.05) is 22.6 Å². The number of halogens is 1. The summed E-state index contributed by atoms with van der Waals surface area (Å²) in [7, 11) is 0. The molecule has 0 saturated carbocycles. The van der Waals surface area contributed by atoms with E-state index >= 15 is 0 Å². The third-order valence-corrected chi connectivity index (χ3v) is 2.87. The topological polar surface area (TPSA) is 29.5 Å². The van der Waals surface area contributed by atoms with Crippen LogP contribution in [0.3, 0.4) is 0 Å². The molecule has 0 aromatic heterocycles. The Morgan fingerprint density at radius 1 is 1.58 bits per heavy atom. The van der Waals surface area contributed by atoms with Gasteiger partial charge in [0.25, 0.3) is 0 Å². The molecule has 1 amide bonds. The Kier molecular flexibility index (Phi) is 2.85. The number of ether oxygens (including phenoxy) is 1. The fraction of sp³-hybridized carbons (Fsp3) is 0.875. The Balaban J connectivity index is 2.39. The van der Waals surface area contributed by atoms with Crippen molar-refractivity contribution in [3.05, 3.63) is 0 Å². The van der Waals surface area contributed by atoms with Gasteiger partial charge in [-0.15, -0.1) is 0 Å². The molecule has 0 N–H and O–H groups in total. The summed E-state index contributed by atoms with van der Waals surface area (Å²) in [6.45, 7) is 6.48. The van der Waals surface area contributed by atoms with Crippen molar-refractivity contribution in [3.63, 3.8) is 0 Å². The number of hydrogen-bond acceptors (Lipinski definition) is 2. The molecule has 3 nitrogen and oxygen atoms in total. The van der Waals surface area contributed by atoms with Crippen molar-refractivity contribution < 1.29 is 9.53 Å². The van der Waals surface area contributed by atoms with E-state index in [1.165, 1.54) is 0 Å². The van der Waals surface area contributed by atoms with Crippen LogP contribution >= 0.6 is 22.6 Å². The molecule has 70 valence electrons. The van der Waals surface area contributed by atoms with Gasteiger partial charge in [0.2, 0.25) is 0 Å². The van der Waals surface area contributed by atoms with Gasteiger partial charge in [-0.05, 0) is 27.2 Å². The van der Waals surface area contributed by atoms with Gasteiger partial charge >= 0.3 is 6.09 Å². The summed E-state index contributed by atoms with van der Waals surface area (Å²) in [6.07, 6.45) is 0.896. The monoisotopic (exact) mass is 283 g/mol. The Hall–Kier alpha value is 0. The van der Waals surface area contributed by atoms with Crippen LogP contribution in [0.25, 0.3) is 0 Å². The fourth-order valence-corrected chi connectivity index (χ4v) is 1.67. The minimum atomic E-state index is -0.372. The maximum absolute atomic E-state index is 11.4. The molecule has 1 fully saturated rings. The molecule has 1 aliphatic rings. The summed E-state index contributed by atoms with van der Waals surface area (Å²) >= 11 is 2.25. The fourth-order valence-electron chi connectivity index (χ4n) is 0.882. The van der Waals surface area contributed by atoms with Gasteiger partial charge in [0.1, 0.15) is 5.60 Å². The summed E-state index contributed by atoms with van der Waals surface area (Å²) in [5.41, 5.74) is -0.372. The van der Waals surface area contributed by atoms with Crippen LogP contribution in [-0.2, 0) is 4.74 Å². The Morgan fingerprint density at radius 3 is 2.42 bits per heavy atom. The van der Waals surface area contributed by atoms with Gasteiger partial charge in [-0.2, -0.15) is 0 Å². The van der Waals surface area contributed by atoms with Gasteiger partial charge in [0.05, 0.1) is 4.05 Å². The van der Waals surface area contributed by atoms with E-state index in [1.807, 2.05) is 20.8 Å². The molecule has 1 aliphatic heterocycles. The highest BCUT2D eigenvalue weighted by atomic mass is 127. The first kappa shape index (κ1) is 10.1. The standard InChI is InChI=1S/C8H14INO2/c1-8(2,3)12-7(11)10-5-4-6(10)9/h6H,4-5H2,1-3H3/t6-/m1/s1. The van der Waals surface area contributed by atoms with Crippen LogP contribution in [0.4, 0.5) is 4.79 Å². The number of carbonyl (C=O) groups is 1. The summed E-state index contributed by atoms with van der Waals surface area (Å²) in [5.74, 6) is 0. The van der Waals surface area contributed by atoms with Gasteiger partial charge in [0.15, 0.2) is 0 Å². The zero-order valence-corrected chi connectivity index (χ0v) is 9.79. The van der Waals surface area contributed by atoms with E-state index in [2.05, 4.69) is 22.6 Å². The molecule has 1 rings (SSSR count). The summed E-state index contributed by atoms with van der Waals surface area (Å²) < 4.78 is 5.53. The van der Waals surface area contributed by atoms with Gasteiger partial charge in [-0.3, -0.25) is 4.90 Å². The first-order chi connectivity index (χ1) is 5.40. The highest BCUT2D eigenvalue weighted by Crippen LogP contribution is 2.25. The first-order valence-electron chi connectivity index (χ1n) is 4.04. The van der Waals surface area contributed by atoms with Gasteiger partial charge < -0.3 is 4.74 Å². The van der Waals surface area contributed by atoms with Crippen molar-refractivity contribution in [3.8, 4) is 0 Å². The molecule has 0 aromatic rings. The highest BCUT2D eigenvalue weighted by Gasteiger charge is 2.33. The Labute approximate surface area is 86.6 Å². The highest BCUT2D eigenvalue weighted by molar-refractivity contribution is 14.1. The van der Waals surface area contributed by atoms with Crippen molar-refractivity contribution in [2.24, 2.45) is 0 Å². The maximum Gasteiger partial charge on any atom is 0.411 e. The van der Waals surface area contributed by atoms with Crippen LogP contribution in [0.15, 0.2) is 0 Å². The summed E-state index contributed by atoms with van der Waals surface area (Å²) in [4.78, 5) is 13.1. The number of likely N-dealkylation sites (tertiary alicyclic amines) is 1. The number of nitrogens with zero attached hydrogens (tertiary/aromatic N) is 1. The average molecular weight is 283 g/mol. The smallest absolute Gasteiger partial charge is 0.411 e. The van der Waals surface area contributed by atoms with E-state index in [1.54, 1.807) is 4.90 Å². The van der Waals surface area contributed by atoms with E-state index in [0.717, 1.165) is 13.0 Å². The van der Waals surface area contributed by atoms with E-state index < -0.39 is 0 Å². The van der Waals surface area contributed by atoms with Crippen molar-refractivity contribution in [2.75, 3.05) is 6.54 Å². The normalized spacial score (nSPS) is 23.3. The van der Waals surface area contributed by atoms with Crippen molar-refractivity contribution in [2.45, 2.75) is 36.8 Å². The van der Waals surface area contributed by atoms with E-state index in [-0.39, 0.29) is 11.7 Å². The molecule has 1 heterocycles. The lowest BCUT2D eigenvalue weighted by Crippen LogP contribution is -2.49. The molecular formula is C8H14INO2. The van der Waals surface area contributed by atoms with Crippen LogP contribution in [0.1, 0.15) is 27.2 Å². The molecule has 1 saturated heterocycles. The molecule has 0 spiro atoms. The second-order valence-corrected chi connectivity index (χ2v) is 5.33. The lowest BCUT2D eigenvalue weighted by atomic mass is 10.2.